The van der Waals surface area contributed by atoms with Gasteiger partial charge >= 0.3 is 0 Å². The summed E-state index contributed by atoms with van der Waals surface area (Å²) in [7, 11) is 1.65. The monoisotopic (exact) mass is 258 g/mol. The second-order valence-corrected chi connectivity index (χ2v) is 4.04. The number of hydrogen-bond acceptors (Lipinski definition) is 5. The number of hydrogen-bond donors (Lipinski definition) is 1. The van der Waals surface area contributed by atoms with Gasteiger partial charge in [-0.15, -0.1) is 0 Å². The molecule has 0 aliphatic carbocycles. The molecule has 0 amide bonds. The number of nitrogens with zero attached hydrogens (tertiary/aromatic N) is 3. The molecule has 2 N–H and O–H groups in total. The van der Waals surface area contributed by atoms with E-state index in [1.54, 1.807) is 25.6 Å². The van der Waals surface area contributed by atoms with Gasteiger partial charge in [0.2, 0.25) is 5.95 Å². The molecule has 0 bridgehead atoms. The van der Waals surface area contributed by atoms with E-state index in [-0.39, 0.29) is 0 Å². The SMILES string of the molecule is COc1ccc(N(CCCN)c2ncccn2)cc1. The highest BCUT2D eigenvalue weighted by Crippen LogP contribution is 2.24. The van der Waals surface area contributed by atoms with Gasteiger partial charge in [-0.3, -0.25) is 0 Å². The number of methoxy groups -OCH3 is 1. The molecule has 0 atom stereocenters. The molecule has 1 heterocycles. The first kappa shape index (κ1) is 13.3. The van der Waals surface area contributed by atoms with Crippen molar-refractivity contribution in [1.82, 2.24) is 9.97 Å². The van der Waals surface area contributed by atoms with Crippen LogP contribution in [0.2, 0.25) is 0 Å². The van der Waals surface area contributed by atoms with E-state index < -0.39 is 0 Å². The summed E-state index contributed by atoms with van der Waals surface area (Å²) < 4.78 is 5.17. The van der Waals surface area contributed by atoms with Crippen LogP contribution < -0.4 is 15.4 Å². The summed E-state index contributed by atoms with van der Waals surface area (Å²) in [6.07, 6.45) is 4.35. The van der Waals surface area contributed by atoms with Crippen molar-refractivity contribution in [3.63, 3.8) is 0 Å². The Morgan fingerprint density at radius 3 is 2.42 bits per heavy atom. The van der Waals surface area contributed by atoms with Crippen molar-refractivity contribution in [2.24, 2.45) is 5.73 Å². The van der Waals surface area contributed by atoms with E-state index in [4.69, 9.17) is 10.5 Å². The standard InChI is InChI=1S/C14H18N4O/c1-19-13-6-4-12(5-7-13)18(11-2-8-15)14-16-9-3-10-17-14/h3-7,9-10H,2,8,11,15H2,1H3. The molecule has 0 aliphatic rings. The Kier molecular flexibility index (Phi) is 4.69. The lowest BCUT2D eigenvalue weighted by molar-refractivity contribution is 0.415. The predicted octanol–water partition coefficient (Wildman–Crippen LogP) is 1.97. The van der Waals surface area contributed by atoms with E-state index in [1.807, 2.05) is 29.2 Å². The third-order valence-electron chi connectivity index (χ3n) is 2.76. The molecule has 5 nitrogen and oxygen atoms in total. The van der Waals surface area contributed by atoms with Crippen LogP contribution >= 0.6 is 0 Å². The van der Waals surface area contributed by atoms with Crippen molar-refractivity contribution in [3.05, 3.63) is 42.7 Å². The fourth-order valence-corrected chi connectivity index (χ4v) is 1.79. The maximum Gasteiger partial charge on any atom is 0.229 e. The Hall–Kier alpha value is -2.14. The van der Waals surface area contributed by atoms with Crippen LogP contribution in [-0.2, 0) is 0 Å². The second kappa shape index (κ2) is 6.70. The molecule has 0 saturated carbocycles. The Morgan fingerprint density at radius 2 is 1.84 bits per heavy atom. The Morgan fingerprint density at radius 1 is 1.16 bits per heavy atom. The minimum atomic E-state index is 0.638. The zero-order valence-corrected chi connectivity index (χ0v) is 11.0. The molecule has 2 aromatic rings. The van der Waals surface area contributed by atoms with Crippen LogP contribution in [0.4, 0.5) is 11.6 Å². The quantitative estimate of drug-likeness (QED) is 0.858. The largest absolute Gasteiger partial charge is 0.497 e. The molecular weight excluding hydrogens is 240 g/mol. The third kappa shape index (κ3) is 3.42. The van der Waals surface area contributed by atoms with Crippen molar-refractivity contribution in [2.45, 2.75) is 6.42 Å². The van der Waals surface area contributed by atoms with E-state index in [1.165, 1.54) is 0 Å². The number of benzene rings is 1. The van der Waals surface area contributed by atoms with Gasteiger partial charge in [-0.25, -0.2) is 9.97 Å². The highest BCUT2D eigenvalue weighted by atomic mass is 16.5. The van der Waals surface area contributed by atoms with Crippen molar-refractivity contribution in [1.29, 1.82) is 0 Å². The van der Waals surface area contributed by atoms with Gasteiger partial charge in [0.15, 0.2) is 0 Å². The molecule has 0 fully saturated rings. The van der Waals surface area contributed by atoms with Crippen LogP contribution in [0.5, 0.6) is 5.75 Å². The van der Waals surface area contributed by atoms with Crippen LogP contribution in [0.25, 0.3) is 0 Å². The van der Waals surface area contributed by atoms with E-state index >= 15 is 0 Å². The van der Waals surface area contributed by atoms with Crippen LogP contribution in [0.1, 0.15) is 6.42 Å². The minimum Gasteiger partial charge on any atom is -0.497 e. The van der Waals surface area contributed by atoms with Gasteiger partial charge in [-0.05, 0) is 43.3 Å². The summed E-state index contributed by atoms with van der Waals surface area (Å²) in [5.74, 6) is 1.51. The number of rotatable bonds is 6. The predicted molar refractivity (Wildman–Crippen MR) is 75.7 cm³/mol. The van der Waals surface area contributed by atoms with Gasteiger partial charge in [0, 0.05) is 24.6 Å². The van der Waals surface area contributed by atoms with E-state index in [2.05, 4.69) is 9.97 Å². The third-order valence-corrected chi connectivity index (χ3v) is 2.76. The molecule has 0 radical (unpaired) electrons. The minimum absolute atomic E-state index is 0.638. The van der Waals surface area contributed by atoms with E-state index in [0.717, 1.165) is 24.4 Å². The average molecular weight is 258 g/mol. The summed E-state index contributed by atoms with van der Waals surface area (Å²) in [6.45, 7) is 1.42. The van der Waals surface area contributed by atoms with Crippen LogP contribution in [0, 0.1) is 0 Å². The Labute approximate surface area is 113 Å². The maximum atomic E-state index is 5.59. The molecule has 19 heavy (non-hydrogen) atoms. The maximum absolute atomic E-state index is 5.59. The molecule has 0 aliphatic heterocycles. The van der Waals surface area contributed by atoms with Crippen molar-refractivity contribution < 1.29 is 4.74 Å². The molecule has 0 saturated heterocycles. The summed E-state index contributed by atoms with van der Waals surface area (Å²) in [4.78, 5) is 10.6. The summed E-state index contributed by atoms with van der Waals surface area (Å²) in [5, 5.41) is 0. The lowest BCUT2D eigenvalue weighted by atomic mass is 10.2. The fourth-order valence-electron chi connectivity index (χ4n) is 1.79. The molecule has 100 valence electrons. The number of nitrogens with two attached hydrogens (primary N) is 1. The van der Waals surface area contributed by atoms with Crippen LogP contribution in [0.3, 0.4) is 0 Å². The summed E-state index contributed by atoms with van der Waals surface area (Å²) >= 11 is 0. The normalized spacial score (nSPS) is 10.2. The topological polar surface area (TPSA) is 64.3 Å². The van der Waals surface area contributed by atoms with Crippen molar-refractivity contribution in [2.75, 3.05) is 25.1 Å². The highest BCUT2D eigenvalue weighted by Gasteiger charge is 2.11. The molecular formula is C14H18N4O. The molecule has 1 aromatic carbocycles. The first-order chi connectivity index (χ1) is 9.35. The van der Waals surface area contributed by atoms with Crippen LogP contribution in [-0.4, -0.2) is 30.2 Å². The average Bonchev–Trinajstić information content (AvgIpc) is 2.49. The lowest BCUT2D eigenvalue weighted by Crippen LogP contribution is -2.22. The first-order valence-electron chi connectivity index (χ1n) is 6.24. The van der Waals surface area contributed by atoms with Gasteiger partial charge in [-0.1, -0.05) is 0 Å². The van der Waals surface area contributed by atoms with Crippen molar-refractivity contribution >= 4 is 11.6 Å². The molecule has 2 rings (SSSR count). The Bertz CT molecular complexity index is 487. The summed E-state index contributed by atoms with van der Waals surface area (Å²) in [5.41, 5.74) is 6.62. The lowest BCUT2D eigenvalue weighted by Gasteiger charge is -2.22. The first-order valence-corrected chi connectivity index (χ1v) is 6.24. The number of anilines is 2. The molecule has 5 heteroatoms. The fraction of sp³-hybridized carbons (Fsp3) is 0.286. The smallest absolute Gasteiger partial charge is 0.229 e. The van der Waals surface area contributed by atoms with E-state index in [9.17, 15) is 0 Å². The van der Waals surface area contributed by atoms with Gasteiger partial charge < -0.3 is 15.4 Å². The molecule has 0 unspecified atom stereocenters. The Balaban J connectivity index is 2.26. The van der Waals surface area contributed by atoms with Gasteiger partial charge in [0.25, 0.3) is 0 Å². The van der Waals surface area contributed by atoms with Gasteiger partial charge in [0.1, 0.15) is 5.75 Å². The number of ether oxygens (including phenoxy) is 1. The zero-order chi connectivity index (χ0) is 13.5. The van der Waals surface area contributed by atoms with E-state index in [0.29, 0.717) is 12.5 Å². The van der Waals surface area contributed by atoms with Gasteiger partial charge in [0.05, 0.1) is 7.11 Å². The second-order valence-electron chi connectivity index (χ2n) is 4.04. The number of aromatic nitrogens is 2. The summed E-state index contributed by atoms with van der Waals surface area (Å²) in [6, 6.07) is 9.64. The van der Waals surface area contributed by atoms with Gasteiger partial charge in [-0.2, -0.15) is 0 Å². The highest BCUT2D eigenvalue weighted by molar-refractivity contribution is 5.58. The van der Waals surface area contributed by atoms with Crippen molar-refractivity contribution in [3.8, 4) is 5.75 Å². The van der Waals surface area contributed by atoms with Crippen LogP contribution in [0.15, 0.2) is 42.7 Å². The molecule has 0 spiro atoms. The zero-order valence-electron chi connectivity index (χ0n) is 11.0. The molecule has 1 aromatic heterocycles.